The predicted molar refractivity (Wildman–Crippen MR) is 156 cm³/mol. The third-order valence-corrected chi connectivity index (χ3v) is 8.57. The van der Waals surface area contributed by atoms with Crippen LogP contribution in [0.4, 0.5) is 24.7 Å². The molecular weight excluding hydrogens is 595 g/mol. The number of nitrogens with one attached hydrogen (secondary N) is 1. The van der Waals surface area contributed by atoms with Crippen LogP contribution in [0.25, 0.3) is 0 Å². The van der Waals surface area contributed by atoms with Crippen molar-refractivity contribution in [2.45, 2.75) is 68.5 Å². The maximum Gasteiger partial charge on any atom is 0.252 e. The first-order valence-corrected chi connectivity index (χ1v) is 14.7. The molecule has 12 heteroatoms. The van der Waals surface area contributed by atoms with Crippen molar-refractivity contribution in [3.63, 3.8) is 0 Å². The Morgan fingerprint density at radius 2 is 1.86 bits per heavy atom. The number of amides is 3. The number of hydrogen-bond donors (Lipinski definition) is 1. The molecule has 2 aromatic carbocycles. The molecule has 1 aromatic heterocycles. The van der Waals surface area contributed by atoms with Crippen LogP contribution in [0.2, 0.25) is 5.02 Å². The SMILES string of the molecule is N#Cc1ccnc(N2C(=O)CCC2C(=O)N(c2cc(F)cc(C3CC3)c2)C(C(=O)NC2CC(F)(F)C2)c2ccccc2Cl)c1. The van der Waals surface area contributed by atoms with Gasteiger partial charge in [-0.05, 0) is 67.1 Å². The van der Waals surface area contributed by atoms with Crippen molar-refractivity contribution in [1.29, 1.82) is 5.26 Å². The number of alkyl halides is 2. The summed E-state index contributed by atoms with van der Waals surface area (Å²) < 4.78 is 42.6. The molecule has 226 valence electrons. The highest BCUT2D eigenvalue weighted by Gasteiger charge is 2.49. The fourth-order valence-corrected chi connectivity index (χ4v) is 6.15. The summed E-state index contributed by atoms with van der Waals surface area (Å²) in [5, 5.41) is 12.2. The summed E-state index contributed by atoms with van der Waals surface area (Å²) in [7, 11) is 0. The van der Waals surface area contributed by atoms with Crippen molar-refractivity contribution < 1.29 is 27.6 Å². The summed E-state index contributed by atoms with van der Waals surface area (Å²) in [4.78, 5) is 48.4. The Bertz CT molecular complexity index is 1680. The smallest absolute Gasteiger partial charge is 0.252 e. The molecular formula is C32H27ClF3N5O3. The zero-order valence-corrected chi connectivity index (χ0v) is 24.1. The first kappa shape index (κ1) is 29.6. The summed E-state index contributed by atoms with van der Waals surface area (Å²) in [6, 6.07) is 11.8. The molecule has 1 N–H and O–H groups in total. The summed E-state index contributed by atoms with van der Waals surface area (Å²) in [6.45, 7) is 0. The highest BCUT2D eigenvalue weighted by atomic mass is 35.5. The fraction of sp³-hybridized carbons (Fsp3) is 0.344. The van der Waals surface area contributed by atoms with Gasteiger partial charge in [-0.2, -0.15) is 5.26 Å². The fourth-order valence-electron chi connectivity index (χ4n) is 5.91. The van der Waals surface area contributed by atoms with Crippen LogP contribution in [0.15, 0.2) is 60.8 Å². The molecule has 0 bridgehead atoms. The Kier molecular flexibility index (Phi) is 7.80. The molecule has 0 radical (unpaired) electrons. The van der Waals surface area contributed by atoms with E-state index in [1.54, 1.807) is 24.3 Å². The molecule has 44 heavy (non-hydrogen) atoms. The Morgan fingerprint density at radius 3 is 2.55 bits per heavy atom. The van der Waals surface area contributed by atoms with Gasteiger partial charge in [0.05, 0.1) is 11.6 Å². The summed E-state index contributed by atoms with van der Waals surface area (Å²) >= 11 is 6.58. The van der Waals surface area contributed by atoms with E-state index in [9.17, 15) is 28.4 Å². The summed E-state index contributed by atoms with van der Waals surface area (Å²) in [5.74, 6) is -5.27. The molecule has 0 spiro atoms. The monoisotopic (exact) mass is 621 g/mol. The van der Waals surface area contributed by atoms with Gasteiger partial charge in [-0.3, -0.25) is 24.2 Å². The number of carbonyl (C=O) groups is 3. The maximum absolute atomic E-state index is 15.2. The molecule has 2 unspecified atom stereocenters. The Morgan fingerprint density at radius 1 is 1.11 bits per heavy atom. The molecule has 3 aromatic rings. The van der Waals surface area contributed by atoms with Gasteiger partial charge in [0.25, 0.3) is 11.8 Å². The molecule has 3 amide bonds. The lowest BCUT2D eigenvalue weighted by Gasteiger charge is -2.39. The Labute approximate surface area is 256 Å². The first-order valence-electron chi connectivity index (χ1n) is 14.3. The largest absolute Gasteiger partial charge is 0.351 e. The van der Waals surface area contributed by atoms with E-state index in [4.69, 9.17) is 11.6 Å². The topological polar surface area (TPSA) is 106 Å². The van der Waals surface area contributed by atoms with Gasteiger partial charge in [-0.25, -0.2) is 18.2 Å². The summed E-state index contributed by atoms with van der Waals surface area (Å²) in [5.41, 5.74) is 1.14. The number of anilines is 2. The average Bonchev–Trinajstić information content (AvgIpc) is 3.76. The second-order valence-electron chi connectivity index (χ2n) is 11.5. The average molecular weight is 622 g/mol. The zero-order valence-electron chi connectivity index (χ0n) is 23.4. The number of rotatable bonds is 8. The van der Waals surface area contributed by atoms with Crippen molar-refractivity contribution >= 4 is 40.8 Å². The minimum atomic E-state index is -2.91. The van der Waals surface area contributed by atoms with Crippen molar-refractivity contribution in [2.24, 2.45) is 0 Å². The maximum atomic E-state index is 15.2. The van der Waals surface area contributed by atoms with Crippen LogP contribution in [0.1, 0.15) is 67.2 Å². The van der Waals surface area contributed by atoms with Crippen LogP contribution in [-0.2, 0) is 14.4 Å². The Balaban J connectivity index is 1.47. The van der Waals surface area contributed by atoms with Crippen molar-refractivity contribution in [2.75, 3.05) is 9.80 Å². The van der Waals surface area contributed by atoms with E-state index in [2.05, 4.69) is 10.3 Å². The number of benzene rings is 2. The molecule has 2 heterocycles. The van der Waals surface area contributed by atoms with Crippen LogP contribution in [0.3, 0.4) is 0 Å². The van der Waals surface area contributed by atoms with Crippen LogP contribution < -0.4 is 15.1 Å². The van der Waals surface area contributed by atoms with Gasteiger partial charge >= 0.3 is 0 Å². The molecule has 3 fully saturated rings. The zero-order chi connectivity index (χ0) is 31.2. The minimum Gasteiger partial charge on any atom is -0.351 e. The van der Waals surface area contributed by atoms with E-state index in [1.165, 1.54) is 35.4 Å². The normalized spacial score (nSPS) is 20.0. The second-order valence-corrected chi connectivity index (χ2v) is 11.9. The number of carbonyl (C=O) groups excluding carboxylic acids is 3. The van der Waals surface area contributed by atoms with Crippen molar-refractivity contribution in [1.82, 2.24) is 10.3 Å². The van der Waals surface area contributed by atoms with Crippen LogP contribution in [0, 0.1) is 17.1 Å². The van der Waals surface area contributed by atoms with E-state index in [-0.39, 0.29) is 46.4 Å². The number of hydrogen-bond acceptors (Lipinski definition) is 5. The number of pyridine rings is 1. The van der Waals surface area contributed by atoms with E-state index < -0.39 is 60.4 Å². The lowest BCUT2D eigenvalue weighted by atomic mass is 9.87. The molecule has 2 atom stereocenters. The van der Waals surface area contributed by atoms with E-state index in [0.717, 1.165) is 23.8 Å². The predicted octanol–water partition coefficient (Wildman–Crippen LogP) is 5.81. The lowest BCUT2D eigenvalue weighted by Crippen LogP contribution is -2.56. The quantitative estimate of drug-likeness (QED) is 0.342. The highest BCUT2D eigenvalue weighted by molar-refractivity contribution is 6.31. The van der Waals surface area contributed by atoms with E-state index in [1.807, 2.05) is 6.07 Å². The van der Waals surface area contributed by atoms with Crippen LogP contribution >= 0.6 is 11.6 Å². The molecule has 8 nitrogen and oxygen atoms in total. The molecule has 6 rings (SSSR count). The van der Waals surface area contributed by atoms with Gasteiger partial charge in [0.15, 0.2) is 0 Å². The first-order chi connectivity index (χ1) is 21.0. The summed E-state index contributed by atoms with van der Waals surface area (Å²) in [6.07, 6.45) is 1.96. The molecule has 1 aliphatic heterocycles. The van der Waals surface area contributed by atoms with Crippen molar-refractivity contribution in [3.8, 4) is 6.07 Å². The standard InChI is InChI=1S/C32H27ClF3N5O3/c33-25-4-2-1-3-24(25)29(30(43)39-22-15-32(35,36)16-22)40(23-13-20(19-5-6-19)12-21(34)14-23)31(44)26-7-8-28(42)41(26)27-11-18(17-37)9-10-38-27/h1-4,9-14,19,22,26,29H,5-8,15-16H2,(H,39,43). The van der Waals surface area contributed by atoms with Crippen LogP contribution in [0.5, 0.6) is 0 Å². The van der Waals surface area contributed by atoms with Gasteiger partial charge < -0.3 is 5.32 Å². The number of halogens is 4. The van der Waals surface area contributed by atoms with Gasteiger partial charge in [0.1, 0.15) is 23.7 Å². The lowest BCUT2D eigenvalue weighted by molar-refractivity contribution is -0.133. The third-order valence-electron chi connectivity index (χ3n) is 8.23. The minimum absolute atomic E-state index is 0.0146. The van der Waals surface area contributed by atoms with Gasteiger partial charge in [-0.1, -0.05) is 29.8 Å². The van der Waals surface area contributed by atoms with E-state index in [0.29, 0.717) is 5.56 Å². The molecule has 1 saturated heterocycles. The molecule has 3 aliphatic rings. The van der Waals surface area contributed by atoms with Gasteiger partial charge in [0.2, 0.25) is 11.8 Å². The van der Waals surface area contributed by atoms with E-state index >= 15 is 4.39 Å². The van der Waals surface area contributed by atoms with Gasteiger partial charge in [-0.15, -0.1) is 0 Å². The highest BCUT2D eigenvalue weighted by Crippen LogP contribution is 2.44. The Hall–Kier alpha value is -4.43. The molecule has 2 saturated carbocycles. The third kappa shape index (κ3) is 5.86. The van der Waals surface area contributed by atoms with Crippen molar-refractivity contribution in [3.05, 3.63) is 88.3 Å². The second kappa shape index (κ2) is 11.6. The number of nitriles is 1. The molecule has 2 aliphatic carbocycles. The van der Waals surface area contributed by atoms with Gasteiger partial charge in [0, 0.05) is 47.8 Å². The number of nitrogens with zero attached hydrogens (tertiary/aromatic N) is 4. The number of aromatic nitrogens is 1. The van der Waals surface area contributed by atoms with Crippen LogP contribution in [-0.4, -0.2) is 40.7 Å².